The quantitative estimate of drug-likeness (QED) is 0.553. The van der Waals surface area contributed by atoms with E-state index in [9.17, 15) is 4.79 Å². The van der Waals surface area contributed by atoms with Gasteiger partial charge in [0, 0.05) is 13.1 Å². The number of aliphatic hydroxyl groups excluding tert-OH is 1. The van der Waals surface area contributed by atoms with E-state index < -0.39 is 0 Å². The zero-order chi connectivity index (χ0) is 10.8. The molecule has 2 N–H and O–H groups in total. The van der Waals surface area contributed by atoms with Gasteiger partial charge in [0.1, 0.15) is 0 Å². The van der Waals surface area contributed by atoms with Crippen LogP contribution in [0.3, 0.4) is 0 Å². The Labute approximate surface area is 86.3 Å². The second-order valence-electron chi connectivity index (χ2n) is 3.30. The first kappa shape index (κ1) is 13.4. The summed E-state index contributed by atoms with van der Waals surface area (Å²) in [4.78, 5) is 13.2. The number of nitrogens with zero attached hydrogens (tertiary/aromatic N) is 1. The van der Waals surface area contributed by atoms with Crippen LogP contribution in [-0.2, 0) is 4.79 Å². The number of amides is 1. The lowest BCUT2D eigenvalue weighted by Gasteiger charge is -2.18. The van der Waals surface area contributed by atoms with Crippen LogP contribution in [0.2, 0.25) is 0 Å². The van der Waals surface area contributed by atoms with Crippen LogP contribution in [0.15, 0.2) is 0 Å². The first-order valence-electron chi connectivity index (χ1n) is 5.34. The Balaban J connectivity index is 3.56. The van der Waals surface area contributed by atoms with Crippen molar-refractivity contribution in [3.63, 3.8) is 0 Å². The molecule has 0 aliphatic carbocycles. The van der Waals surface area contributed by atoms with Gasteiger partial charge in [-0.05, 0) is 13.0 Å². The molecule has 14 heavy (non-hydrogen) atoms. The normalized spacial score (nSPS) is 10.6. The van der Waals surface area contributed by atoms with Crippen molar-refractivity contribution in [3.05, 3.63) is 0 Å². The van der Waals surface area contributed by atoms with Crippen LogP contribution >= 0.6 is 0 Å². The minimum absolute atomic E-state index is 0.0498. The van der Waals surface area contributed by atoms with E-state index in [2.05, 4.69) is 12.2 Å². The topological polar surface area (TPSA) is 52.6 Å². The molecule has 0 aromatic rings. The SMILES string of the molecule is CCCCNC(=O)CN(CC)CCO. The maximum absolute atomic E-state index is 11.3. The lowest BCUT2D eigenvalue weighted by molar-refractivity contribution is -0.122. The van der Waals surface area contributed by atoms with E-state index in [0.717, 1.165) is 25.9 Å². The van der Waals surface area contributed by atoms with Crippen molar-refractivity contribution in [2.45, 2.75) is 26.7 Å². The van der Waals surface area contributed by atoms with Gasteiger partial charge in [-0.15, -0.1) is 0 Å². The minimum atomic E-state index is 0.0498. The van der Waals surface area contributed by atoms with Gasteiger partial charge < -0.3 is 10.4 Å². The highest BCUT2D eigenvalue weighted by atomic mass is 16.3. The molecule has 0 saturated carbocycles. The summed E-state index contributed by atoms with van der Waals surface area (Å²) in [5.74, 6) is 0.0498. The molecular formula is C10H22N2O2. The number of carbonyl (C=O) groups excluding carboxylic acids is 1. The van der Waals surface area contributed by atoms with Gasteiger partial charge >= 0.3 is 0 Å². The number of aliphatic hydroxyl groups is 1. The summed E-state index contributed by atoms with van der Waals surface area (Å²) in [5, 5.41) is 11.6. The van der Waals surface area contributed by atoms with Gasteiger partial charge in [-0.3, -0.25) is 9.69 Å². The Morgan fingerprint density at radius 2 is 2.14 bits per heavy atom. The third-order valence-corrected chi connectivity index (χ3v) is 2.08. The van der Waals surface area contributed by atoms with Crippen LogP contribution in [0.25, 0.3) is 0 Å². The smallest absolute Gasteiger partial charge is 0.234 e. The second-order valence-corrected chi connectivity index (χ2v) is 3.30. The molecular weight excluding hydrogens is 180 g/mol. The first-order valence-corrected chi connectivity index (χ1v) is 5.34. The number of hydrogen-bond acceptors (Lipinski definition) is 3. The van der Waals surface area contributed by atoms with Gasteiger partial charge in [-0.1, -0.05) is 20.3 Å². The second kappa shape index (κ2) is 8.97. The molecule has 0 atom stereocenters. The fourth-order valence-corrected chi connectivity index (χ4v) is 1.15. The van der Waals surface area contributed by atoms with Crippen molar-refractivity contribution in [1.82, 2.24) is 10.2 Å². The van der Waals surface area contributed by atoms with Gasteiger partial charge in [-0.2, -0.15) is 0 Å². The molecule has 84 valence electrons. The fourth-order valence-electron chi connectivity index (χ4n) is 1.15. The van der Waals surface area contributed by atoms with Crippen molar-refractivity contribution in [2.24, 2.45) is 0 Å². The zero-order valence-corrected chi connectivity index (χ0v) is 9.25. The Morgan fingerprint density at radius 3 is 2.64 bits per heavy atom. The fraction of sp³-hybridized carbons (Fsp3) is 0.900. The van der Waals surface area contributed by atoms with Crippen molar-refractivity contribution >= 4 is 5.91 Å². The number of rotatable bonds is 8. The molecule has 0 radical (unpaired) electrons. The number of carbonyl (C=O) groups is 1. The van der Waals surface area contributed by atoms with Gasteiger partial charge in [0.05, 0.1) is 13.2 Å². The van der Waals surface area contributed by atoms with Gasteiger partial charge in [0.25, 0.3) is 0 Å². The average molecular weight is 202 g/mol. The predicted octanol–water partition coefficient (Wildman–Crippen LogP) is 0.217. The third-order valence-electron chi connectivity index (χ3n) is 2.08. The molecule has 0 bridgehead atoms. The molecule has 0 spiro atoms. The molecule has 1 amide bonds. The van der Waals surface area contributed by atoms with Gasteiger partial charge in [-0.25, -0.2) is 0 Å². The standard InChI is InChI=1S/C10H22N2O2/c1-3-5-6-11-10(14)9-12(4-2)7-8-13/h13H,3-9H2,1-2H3,(H,11,14). The van der Waals surface area contributed by atoms with Crippen LogP contribution in [0.1, 0.15) is 26.7 Å². The highest BCUT2D eigenvalue weighted by Crippen LogP contribution is 1.87. The van der Waals surface area contributed by atoms with E-state index in [4.69, 9.17) is 5.11 Å². The molecule has 0 aromatic carbocycles. The monoisotopic (exact) mass is 202 g/mol. The van der Waals surface area contributed by atoms with Crippen molar-refractivity contribution in [1.29, 1.82) is 0 Å². The molecule has 0 aromatic heterocycles. The van der Waals surface area contributed by atoms with Crippen molar-refractivity contribution < 1.29 is 9.90 Å². The predicted molar refractivity (Wildman–Crippen MR) is 57.1 cm³/mol. The minimum Gasteiger partial charge on any atom is -0.395 e. The summed E-state index contributed by atoms with van der Waals surface area (Å²) >= 11 is 0. The molecule has 0 fully saturated rings. The first-order chi connectivity index (χ1) is 6.74. The molecule has 0 rings (SSSR count). The van der Waals surface area contributed by atoms with E-state index in [1.807, 2.05) is 11.8 Å². The molecule has 0 saturated heterocycles. The summed E-state index contributed by atoms with van der Waals surface area (Å²) in [6.07, 6.45) is 2.12. The third kappa shape index (κ3) is 6.86. The van der Waals surface area contributed by atoms with Gasteiger partial charge in [0.2, 0.25) is 5.91 Å². The lowest BCUT2D eigenvalue weighted by atomic mass is 10.3. The molecule has 0 unspecified atom stereocenters. The molecule has 4 nitrogen and oxygen atoms in total. The van der Waals surface area contributed by atoms with Crippen LogP contribution in [-0.4, -0.2) is 48.7 Å². The Morgan fingerprint density at radius 1 is 1.43 bits per heavy atom. The maximum atomic E-state index is 11.3. The number of likely N-dealkylation sites (N-methyl/N-ethyl adjacent to an activating group) is 1. The lowest BCUT2D eigenvalue weighted by Crippen LogP contribution is -2.38. The summed E-state index contributed by atoms with van der Waals surface area (Å²) in [6, 6.07) is 0. The average Bonchev–Trinajstić information content (AvgIpc) is 2.17. The Kier molecular flexibility index (Phi) is 8.57. The van der Waals surface area contributed by atoms with E-state index in [1.165, 1.54) is 0 Å². The summed E-state index contributed by atoms with van der Waals surface area (Å²) < 4.78 is 0. The van der Waals surface area contributed by atoms with Crippen molar-refractivity contribution in [2.75, 3.05) is 32.8 Å². The van der Waals surface area contributed by atoms with Crippen LogP contribution in [0.4, 0.5) is 0 Å². The van der Waals surface area contributed by atoms with Gasteiger partial charge in [0.15, 0.2) is 0 Å². The maximum Gasteiger partial charge on any atom is 0.234 e. The largest absolute Gasteiger partial charge is 0.395 e. The molecule has 4 heteroatoms. The van der Waals surface area contributed by atoms with E-state index >= 15 is 0 Å². The van der Waals surface area contributed by atoms with Crippen molar-refractivity contribution in [3.8, 4) is 0 Å². The zero-order valence-electron chi connectivity index (χ0n) is 9.25. The van der Waals surface area contributed by atoms with E-state index in [1.54, 1.807) is 0 Å². The Bertz CT molecular complexity index is 151. The number of hydrogen-bond donors (Lipinski definition) is 2. The van der Waals surface area contributed by atoms with Crippen LogP contribution in [0, 0.1) is 0 Å². The molecule has 0 aliphatic heterocycles. The Hall–Kier alpha value is -0.610. The summed E-state index contributed by atoms with van der Waals surface area (Å²) in [6.45, 7) is 6.69. The highest BCUT2D eigenvalue weighted by Gasteiger charge is 2.06. The molecule has 0 heterocycles. The summed E-state index contributed by atoms with van der Waals surface area (Å²) in [7, 11) is 0. The van der Waals surface area contributed by atoms with E-state index in [-0.39, 0.29) is 12.5 Å². The van der Waals surface area contributed by atoms with Crippen LogP contribution in [0.5, 0.6) is 0 Å². The highest BCUT2D eigenvalue weighted by molar-refractivity contribution is 5.77. The number of unbranched alkanes of at least 4 members (excludes halogenated alkanes) is 1. The van der Waals surface area contributed by atoms with E-state index in [0.29, 0.717) is 13.1 Å². The molecule has 0 aliphatic rings. The van der Waals surface area contributed by atoms with Crippen LogP contribution < -0.4 is 5.32 Å². The summed E-state index contributed by atoms with van der Waals surface area (Å²) in [5.41, 5.74) is 0. The number of nitrogens with one attached hydrogen (secondary N) is 1.